The van der Waals surface area contributed by atoms with Crippen molar-refractivity contribution in [3.05, 3.63) is 48.0 Å². The number of benzene rings is 1. The van der Waals surface area contributed by atoms with Crippen molar-refractivity contribution in [3.63, 3.8) is 0 Å². The van der Waals surface area contributed by atoms with Gasteiger partial charge in [-0.05, 0) is 49.2 Å². The minimum Gasteiger partial charge on any atom is -0.451 e. The van der Waals surface area contributed by atoms with Crippen LogP contribution in [0.25, 0.3) is 11.3 Å². The topological polar surface area (TPSA) is 33.5 Å². The number of carbonyl (C=O) groups is 1. The largest absolute Gasteiger partial charge is 0.451 e. The second kappa shape index (κ2) is 6.30. The third-order valence-electron chi connectivity index (χ3n) is 4.12. The van der Waals surface area contributed by atoms with Crippen molar-refractivity contribution < 1.29 is 26.8 Å². The van der Waals surface area contributed by atoms with Crippen LogP contribution in [0.15, 0.2) is 40.8 Å². The molecule has 3 rings (SSSR count). The first kappa shape index (κ1) is 16.5. The summed E-state index contributed by atoms with van der Waals surface area (Å²) in [7, 11) is 0. The quantitative estimate of drug-likeness (QED) is 0.754. The Hall–Kier alpha value is -2.31. The number of furan rings is 1. The van der Waals surface area contributed by atoms with Crippen molar-refractivity contribution in [1.29, 1.82) is 0 Å². The van der Waals surface area contributed by atoms with Crippen molar-refractivity contribution in [2.45, 2.75) is 19.0 Å². The van der Waals surface area contributed by atoms with E-state index in [1.807, 2.05) is 0 Å². The molecule has 1 amide bonds. The molecule has 1 aliphatic heterocycles. The molecule has 1 saturated heterocycles. The van der Waals surface area contributed by atoms with E-state index in [9.17, 15) is 22.4 Å². The van der Waals surface area contributed by atoms with E-state index in [-0.39, 0.29) is 25.3 Å². The zero-order chi connectivity index (χ0) is 17.3. The van der Waals surface area contributed by atoms with E-state index in [1.165, 1.54) is 35.2 Å². The molecule has 0 unspecified atom stereocenters. The summed E-state index contributed by atoms with van der Waals surface area (Å²) in [4.78, 5) is 13.6. The Balaban J connectivity index is 1.75. The molecule has 1 aromatic carbocycles. The molecule has 0 saturated carbocycles. The van der Waals surface area contributed by atoms with Gasteiger partial charge < -0.3 is 9.32 Å². The number of hydrogen-bond donors (Lipinski definition) is 0. The number of alkyl halides is 3. The molecule has 1 atom stereocenters. The van der Waals surface area contributed by atoms with Gasteiger partial charge in [0.1, 0.15) is 11.6 Å². The fourth-order valence-corrected chi connectivity index (χ4v) is 2.81. The first-order chi connectivity index (χ1) is 11.3. The zero-order valence-electron chi connectivity index (χ0n) is 12.6. The molecule has 1 aliphatic rings. The van der Waals surface area contributed by atoms with Crippen LogP contribution in [0.5, 0.6) is 0 Å². The molecule has 0 bridgehead atoms. The highest BCUT2D eigenvalue weighted by molar-refractivity contribution is 5.92. The minimum absolute atomic E-state index is 0.0165. The van der Waals surface area contributed by atoms with Gasteiger partial charge in [-0.1, -0.05) is 0 Å². The summed E-state index contributed by atoms with van der Waals surface area (Å²) in [5.74, 6) is -2.10. The van der Waals surface area contributed by atoms with Gasteiger partial charge in [0.15, 0.2) is 5.76 Å². The average Bonchev–Trinajstić information content (AvgIpc) is 3.04. The van der Waals surface area contributed by atoms with Gasteiger partial charge in [-0.15, -0.1) is 0 Å². The normalized spacial score (nSPS) is 18.7. The Morgan fingerprint density at radius 3 is 2.50 bits per heavy atom. The second-order valence-electron chi connectivity index (χ2n) is 5.80. The molecule has 0 spiro atoms. The van der Waals surface area contributed by atoms with Crippen LogP contribution in [0.2, 0.25) is 0 Å². The van der Waals surface area contributed by atoms with Crippen LogP contribution in [-0.2, 0) is 0 Å². The number of carbonyl (C=O) groups excluding carboxylic acids is 1. The molecule has 1 fully saturated rings. The highest BCUT2D eigenvalue weighted by atomic mass is 19.4. The smallest absolute Gasteiger partial charge is 0.393 e. The monoisotopic (exact) mass is 341 g/mol. The van der Waals surface area contributed by atoms with Crippen LogP contribution in [0.1, 0.15) is 23.4 Å². The van der Waals surface area contributed by atoms with Gasteiger partial charge in [-0.3, -0.25) is 4.79 Å². The minimum atomic E-state index is -4.30. The lowest BCUT2D eigenvalue weighted by molar-refractivity contribution is -0.184. The predicted molar refractivity (Wildman–Crippen MR) is 78.8 cm³/mol. The fourth-order valence-electron chi connectivity index (χ4n) is 2.81. The Morgan fingerprint density at radius 2 is 1.83 bits per heavy atom. The van der Waals surface area contributed by atoms with Crippen LogP contribution in [0.4, 0.5) is 17.6 Å². The lowest BCUT2D eigenvalue weighted by Gasteiger charge is -2.33. The standard InChI is InChI=1S/C17H15F4NO2/c18-13-5-3-11(4-6-13)14-7-8-15(24-14)16(23)22-9-1-2-12(10-22)17(19,20)21/h3-8,12H,1-2,9-10H2/t12-/m0/s1. The van der Waals surface area contributed by atoms with Gasteiger partial charge in [-0.2, -0.15) is 13.2 Å². The highest BCUT2D eigenvalue weighted by Gasteiger charge is 2.43. The summed E-state index contributed by atoms with van der Waals surface area (Å²) < 4.78 is 56.9. The van der Waals surface area contributed by atoms with E-state index in [0.717, 1.165) is 0 Å². The zero-order valence-corrected chi connectivity index (χ0v) is 12.6. The molecule has 7 heteroatoms. The lowest BCUT2D eigenvalue weighted by Crippen LogP contribution is -2.44. The van der Waals surface area contributed by atoms with E-state index in [4.69, 9.17) is 4.42 Å². The van der Waals surface area contributed by atoms with Crippen molar-refractivity contribution in [2.24, 2.45) is 5.92 Å². The van der Waals surface area contributed by atoms with E-state index in [1.54, 1.807) is 6.07 Å². The van der Waals surface area contributed by atoms with Crippen LogP contribution in [0.3, 0.4) is 0 Å². The number of amides is 1. The van der Waals surface area contributed by atoms with Gasteiger partial charge in [0.25, 0.3) is 5.91 Å². The Kier molecular flexibility index (Phi) is 4.34. The second-order valence-corrected chi connectivity index (χ2v) is 5.80. The molecule has 1 aromatic heterocycles. The number of halogens is 4. The van der Waals surface area contributed by atoms with E-state index < -0.39 is 23.8 Å². The molecule has 24 heavy (non-hydrogen) atoms. The number of rotatable bonds is 2. The van der Waals surface area contributed by atoms with E-state index in [0.29, 0.717) is 17.7 Å². The molecule has 2 aromatic rings. The Morgan fingerprint density at radius 1 is 1.12 bits per heavy atom. The van der Waals surface area contributed by atoms with Gasteiger partial charge in [0, 0.05) is 18.7 Å². The summed E-state index contributed by atoms with van der Waals surface area (Å²) >= 11 is 0. The lowest BCUT2D eigenvalue weighted by atomic mass is 9.97. The van der Waals surface area contributed by atoms with Gasteiger partial charge in [0.2, 0.25) is 0 Å². The van der Waals surface area contributed by atoms with Crippen LogP contribution >= 0.6 is 0 Å². The summed E-state index contributed by atoms with van der Waals surface area (Å²) in [5.41, 5.74) is 0.585. The maximum absolute atomic E-state index is 12.9. The first-order valence-electron chi connectivity index (χ1n) is 7.56. The van der Waals surface area contributed by atoms with Crippen LogP contribution in [-0.4, -0.2) is 30.1 Å². The molecule has 0 aliphatic carbocycles. The van der Waals surface area contributed by atoms with Crippen molar-refractivity contribution in [1.82, 2.24) is 4.90 Å². The maximum Gasteiger partial charge on any atom is 0.393 e. The number of nitrogens with zero attached hydrogens (tertiary/aromatic N) is 1. The van der Waals surface area contributed by atoms with E-state index in [2.05, 4.69) is 0 Å². The molecular weight excluding hydrogens is 326 g/mol. The Labute approximate surface area is 135 Å². The predicted octanol–water partition coefficient (Wildman–Crippen LogP) is 4.50. The fraction of sp³-hybridized carbons (Fsp3) is 0.353. The summed E-state index contributed by atoms with van der Waals surface area (Å²) in [6.45, 7) is -0.0765. The highest BCUT2D eigenvalue weighted by Crippen LogP contribution is 2.34. The third-order valence-corrected chi connectivity index (χ3v) is 4.12. The van der Waals surface area contributed by atoms with Crippen molar-refractivity contribution in [3.8, 4) is 11.3 Å². The molecule has 128 valence electrons. The number of likely N-dealkylation sites (tertiary alicyclic amines) is 1. The molecule has 0 radical (unpaired) electrons. The van der Waals surface area contributed by atoms with Gasteiger partial charge in [-0.25, -0.2) is 4.39 Å². The molecular formula is C17H15F4NO2. The SMILES string of the molecule is O=C(c1ccc(-c2ccc(F)cc2)o1)N1CCC[C@H](C(F)(F)F)C1. The first-order valence-corrected chi connectivity index (χ1v) is 7.56. The molecule has 0 N–H and O–H groups in total. The molecule has 2 heterocycles. The van der Waals surface area contributed by atoms with Crippen LogP contribution < -0.4 is 0 Å². The maximum atomic E-state index is 12.9. The van der Waals surface area contributed by atoms with Crippen molar-refractivity contribution in [2.75, 3.05) is 13.1 Å². The van der Waals surface area contributed by atoms with Crippen LogP contribution in [0, 0.1) is 11.7 Å². The summed E-state index contributed by atoms with van der Waals surface area (Å²) in [6.07, 6.45) is -3.96. The Bertz CT molecular complexity index is 721. The molecule has 3 nitrogen and oxygen atoms in total. The average molecular weight is 341 g/mol. The van der Waals surface area contributed by atoms with Crippen molar-refractivity contribution >= 4 is 5.91 Å². The van der Waals surface area contributed by atoms with Gasteiger partial charge >= 0.3 is 6.18 Å². The number of hydrogen-bond acceptors (Lipinski definition) is 2. The van der Waals surface area contributed by atoms with E-state index >= 15 is 0 Å². The number of piperidine rings is 1. The summed E-state index contributed by atoms with van der Waals surface area (Å²) in [5, 5.41) is 0. The van der Waals surface area contributed by atoms with Gasteiger partial charge in [0.05, 0.1) is 5.92 Å². The third kappa shape index (κ3) is 3.44. The summed E-state index contributed by atoms with van der Waals surface area (Å²) in [6, 6.07) is 8.51.